The van der Waals surface area contributed by atoms with Gasteiger partial charge in [0.15, 0.2) is 0 Å². The van der Waals surface area contributed by atoms with E-state index < -0.39 is 5.41 Å². The van der Waals surface area contributed by atoms with Crippen molar-refractivity contribution < 1.29 is 9.53 Å². The van der Waals surface area contributed by atoms with Gasteiger partial charge in [0.1, 0.15) is 0 Å². The zero-order valence-electron chi connectivity index (χ0n) is 19.0. The van der Waals surface area contributed by atoms with Crippen LogP contribution in [0.4, 0.5) is 0 Å². The minimum atomic E-state index is -0.612. The maximum Gasteiger partial charge on any atom is 0.311 e. The van der Waals surface area contributed by atoms with Gasteiger partial charge in [-0.1, -0.05) is 53.7 Å². The van der Waals surface area contributed by atoms with E-state index in [9.17, 15) is 4.79 Å². The summed E-state index contributed by atoms with van der Waals surface area (Å²) in [6, 6.07) is 18.6. The molecule has 0 unspecified atom stereocenters. The Balaban J connectivity index is 1.84. The lowest BCUT2D eigenvalue weighted by molar-refractivity contribution is -0.150. The van der Waals surface area contributed by atoms with Crippen LogP contribution in [0.15, 0.2) is 64.4 Å². The molecule has 0 atom stereocenters. The summed E-state index contributed by atoms with van der Waals surface area (Å²) in [6.07, 6.45) is 5.20. The van der Waals surface area contributed by atoms with Gasteiger partial charge in [0.25, 0.3) is 0 Å². The fraction of sp³-hybridized carbons (Fsp3) is 0.370. The van der Waals surface area contributed by atoms with Crippen molar-refractivity contribution in [3.05, 3.63) is 82.1 Å². The molecule has 0 spiro atoms. The van der Waals surface area contributed by atoms with Gasteiger partial charge in [-0.05, 0) is 74.9 Å². The van der Waals surface area contributed by atoms with Crippen molar-refractivity contribution in [2.75, 3.05) is 7.11 Å². The zero-order valence-corrected chi connectivity index (χ0v) is 20.6. The van der Waals surface area contributed by atoms with Crippen LogP contribution in [0.3, 0.4) is 0 Å². The monoisotopic (exact) mass is 467 g/mol. The number of methoxy groups -OCH3 is 1. The van der Waals surface area contributed by atoms with E-state index in [4.69, 9.17) is 16.3 Å². The molecule has 0 fully saturated rings. The third-order valence-electron chi connectivity index (χ3n) is 6.19. The molecular formula is C27H30ClNO2S. The first-order valence-electron chi connectivity index (χ1n) is 11.2. The molecule has 1 aliphatic rings. The number of hydrogen-bond donors (Lipinski definition) is 0. The number of rotatable bonds is 7. The Labute approximate surface area is 200 Å². The standard InChI is InChI=1S/C27H30ClNO2S/c1-27(2,26(30)31-3)17-24-25(32-21-9-5-4-6-10-21)22-11-7-8-12-23(22)29(24)18-19-13-15-20(28)16-14-19/h4-6,9-10,13-16H,7-8,11-12,17-18H2,1-3H3. The van der Waals surface area contributed by atoms with Gasteiger partial charge in [-0.25, -0.2) is 0 Å². The highest BCUT2D eigenvalue weighted by Gasteiger charge is 2.34. The molecule has 168 valence electrons. The molecule has 5 heteroatoms. The number of nitrogens with zero attached hydrogens (tertiary/aromatic N) is 1. The Morgan fingerprint density at radius 1 is 1.06 bits per heavy atom. The van der Waals surface area contributed by atoms with Crippen LogP contribution in [0.2, 0.25) is 5.02 Å². The molecular weight excluding hydrogens is 438 g/mol. The highest BCUT2D eigenvalue weighted by molar-refractivity contribution is 7.99. The first kappa shape index (κ1) is 23.0. The molecule has 4 rings (SSSR count). The number of fused-ring (bicyclic) bond motifs is 1. The number of carbonyl (C=O) groups excluding carboxylic acids is 1. The minimum absolute atomic E-state index is 0.176. The maximum atomic E-state index is 12.6. The first-order chi connectivity index (χ1) is 15.4. The van der Waals surface area contributed by atoms with E-state index in [2.05, 4.69) is 41.0 Å². The van der Waals surface area contributed by atoms with Crippen LogP contribution in [-0.4, -0.2) is 17.6 Å². The van der Waals surface area contributed by atoms with Gasteiger partial charge in [0.05, 0.1) is 12.5 Å². The maximum absolute atomic E-state index is 12.6. The average molecular weight is 468 g/mol. The molecule has 0 aliphatic heterocycles. The van der Waals surface area contributed by atoms with Gasteiger partial charge in [-0.15, -0.1) is 0 Å². The van der Waals surface area contributed by atoms with Crippen LogP contribution in [0.25, 0.3) is 0 Å². The third kappa shape index (κ3) is 4.92. The lowest BCUT2D eigenvalue weighted by atomic mass is 9.87. The third-order valence-corrected chi connectivity index (χ3v) is 7.64. The van der Waals surface area contributed by atoms with E-state index in [0.29, 0.717) is 6.42 Å². The van der Waals surface area contributed by atoms with E-state index >= 15 is 0 Å². The van der Waals surface area contributed by atoms with Crippen molar-refractivity contribution in [3.63, 3.8) is 0 Å². The molecule has 3 nitrogen and oxygen atoms in total. The SMILES string of the molecule is COC(=O)C(C)(C)Cc1c(Sc2ccccc2)c2c(n1Cc1ccc(Cl)cc1)CCCC2. The number of hydrogen-bond acceptors (Lipinski definition) is 3. The smallest absolute Gasteiger partial charge is 0.311 e. The fourth-order valence-corrected chi connectivity index (χ4v) is 5.82. The lowest BCUT2D eigenvalue weighted by Gasteiger charge is -2.24. The summed E-state index contributed by atoms with van der Waals surface area (Å²) >= 11 is 7.96. The molecule has 1 aliphatic carbocycles. The Morgan fingerprint density at radius 2 is 1.75 bits per heavy atom. The van der Waals surface area contributed by atoms with Gasteiger partial charge in [0, 0.05) is 39.2 Å². The first-order valence-corrected chi connectivity index (χ1v) is 12.4. The lowest BCUT2D eigenvalue weighted by Crippen LogP contribution is -2.29. The Morgan fingerprint density at radius 3 is 2.44 bits per heavy atom. The summed E-state index contributed by atoms with van der Waals surface area (Å²) < 4.78 is 7.62. The molecule has 0 saturated heterocycles. The molecule has 0 amide bonds. The largest absolute Gasteiger partial charge is 0.469 e. The Bertz CT molecular complexity index is 1090. The number of ether oxygens (including phenoxy) is 1. The average Bonchev–Trinajstić information content (AvgIpc) is 3.07. The topological polar surface area (TPSA) is 31.2 Å². The second-order valence-corrected chi connectivity index (χ2v) is 10.6. The van der Waals surface area contributed by atoms with Gasteiger partial charge < -0.3 is 9.30 Å². The highest BCUT2D eigenvalue weighted by Crippen LogP contribution is 2.42. The van der Waals surface area contributed by atoms with Crippen LogP contribution in [0.5, 0.6) is 0 Å². The van der Waals surface area contributed by atoms with Gasteiger partial charge in [0.2, 0.25) is 0 Å². The molecule has 1 heterocycles. The minimum Gasteiger partial charge on any atom is -0.469 e. The van der Waals surface area contributed by atoms with Crippen molar-refractivity contribution in [3.8, 4) is 0 Å². The molecule has 0 N–H and O–H groups in total. The second-order valence-electron chi connectivity index (χ2n) is 9.09. The quantitative estimate of drug-likeness (QED) is 0.352. The van der Waals surface area contributed by atoms with Crippen LogP contribution in [-0.2, 0) is 35.3 Å². The van der Waals surface area contributed by atoms with Crippen LogP contribution < -0.4 is 0 Å². The number of aromatic nitrogens is 1. The molecule has 1 aromatic heterocycles. The van der Waals surface area contributed by atoms with E-state index in [1.54, 1.807) is 0 Å². The summed E-state index contributed by atoms with van der Waals surface area (Å²) in [5.74, 6) is -0.176. The van der Waals surface area contributed by atoms with E-state index in [1.807, 2.05) is 43.8 Å². The van der Waals surface area contributed by atoms with Crippen molar-refractivity contribution in [1.82, 2.24) is 4.57 Å². The molecule has 0 bridgehead atoms. The molecule has 3 aromatic rings. The molecule has 32 heavy (non-hydrogen) atoms. The molecule has 2 aromatic carbocycles. The summed E-state index contributed by atoms with van der Waals surface area (Å²) in [4.78, 5) is 15.1. The normalized spacial score (nSPS) is 13.6. The Hall–Kier alpha value is -2.17. The van der Waals surface area contributed by atoms with E-state index in [0.717, 1.165) is 24.4 Å². The number of benzene rings is 2. The summed E-state index contributed by atoms with van der Waals surface area (Å²) in [5.41, 5.74) is 4.71. The van der Waals surface area contributed by atoms with Crippen molar-refractivity contribution in [2.45, 2.75) is 62.3 Å². The van der Waals surface area contributed by atoms with E-state index in [-0.39, 0.29) is 5.97 Å². The summed E-state index contributed by atoms with van der Waals surface area (Å²) in [5, 5.41) is 0.746. The van der Waals surface area contributed by atoms with Crippen LogP contribution >= 0.6 is 23.4 Å². The number of carbonyl (C=O) groups is 1. The second kappa shape index (κ2) is 9.76. The highest BCUT2D eigenvalue weighted by atomic mass is 35.5. The molecule has 0 saturated carbocycles. The number of esters is 1. The Kier molecular flexibility index (Phi) is 7.02. The van der Waals surface area contributed by atoms with Crippen molar-refractivity contribution >= 4 is 29.3 Å². The predicted octanol–water partition coefficient (Wildman–Crippen LogP) is 6.96. The number of halogens is 1. The summed E-state index contributed by atoms with van der Waals surface area (Å²) in [6.45, 7) is 4.74. The van der Waals surface area contributed by atoms with Gasteiger partial charge in [-0.2, -0.15) is 0 Å². The fourth-order valence-electron chi connectivity index (χ4n) is 4.52. The van der Waals surface area contributed by atoms with Crippen LogP contribution in [0.1, 0.15) is 49.2 Å². The van der Waals surface area contributed by atoms with Gasteiger partial charge in [-0.3, -0.25) is 4.79 Å². The van der Waals surface area contributed by atoms with Crippen molar-refractivity contribution in [1.29, 1.82) is 0 Å². The van der Waals surface area contributed by atoms with Gasteiger partial charge >= 0.3 is 5.97 Å². The predicted molar refractivity (Wildman–Crippen MR) is 132 cm³/mol. The van der Waals surface area contributed by atoms with Crippen LogP contribution in [0, 0.1) is 5.41 Å². The van der Waals surface area contributed by atoms with Crippen molar-refractivity contribution in [2.24, 2.45) is 5.41 Å². The van der Waals surface area contributed by atoms with E-state index in [1.165, 1.54) is 52.3 Å². The molecule has 0 radical (unpaired) electrons. The zero-order chi connectivity index (χ0) is 22.7. The summed E-state index contributed by atoms with van der Waals surface area (Å²) in [7, 11) is 1.47.